The minimum absolute atomic E-state index is 0. The highest BCUT2D eigenvalue weighted by Gasteiger charge is 2.30. The van der Waals surface area contributed by atoms with Crippen molar-refractivity contribution >= 4 is 39.5 Å². The number of carbonyl (C=O) groups is 4. The molecule has 0 spiro atoms. The molecule has 4 unspecified atom stereocenters. The van der Waals surface area contributed by atoms with E-state index in [0.29, 0.717) is 25.7 Å². The summed E-state index contributed by atoms with van der Waals surface area (Å²) < 4.78 is 68.0. The summed E-state index contributed by atoms with van der Waals surface area (Å²) in [6.07, 6.45) is 45.6. The van der Waals surface area contributed by atoms with Crippen molar-refractivity contribution in [3.8, 4) is 0 Å². The lowest BCUT2D eigenvalue weighted by atomic mass is 10.1. The Morgan fingerprint density at radius 1 is 0.291 bits per heavy atom. The van der Waals surface area contributed by atoms with Gasteiger partial charge in [-0.1, -0.05) is 285 Å². The Hall–Kier alpha value is -2.02. The molecular weight excluding hydrogens is 1140 g/mol. The molecule has 0 amide bonds. The highest BCUT2D eigenvalue weighted by atomic mass is 31.2. The van der Waals surface area contributed by atoms with E-state index in [1.807, 2.05) is 0 Å². The third-order valence-corrected chi connectivity index (χ3v) is 17.0. The highest BCUT2D eigenvalue weighted by molar-refractivity contribution is 7.47. The van der Waals surface area contributed by atoms with Gasteiger partial charge in [0, 0.05) is 25.7 Å². The predicted molar refractivity (Wildman–Crippen MR) is 345 cm³/mol. The van der Waals surface area contributed by atoms with Crippen LogP contribution in [-0.2, 0) is 65.4 Å². The quantitative estimate of drug-likeness (QED) is 0.0163. The first-order valence-corrected chi connectivity index (χ1v) is 37.3. The zero-order chi connectivity index (χ0) is 61.9. The number of ether oxygens (including phenoxy) is 4. The molecule has 0 saturated heterocycles. The molecule has 0 bridgehead atoms. The molecule has 0 fully saturated rings. The molecule has 4 atom stereocenters. The fourth-order valence-electron chi connectivity index (χ4n) is 9.81. The van der Waals surface area contributed by atoms with Crippen molar-refractivity contribution in [2.75, 3.05) is 39.6 Å². The number of hydrogen-bond acceptors (Lipinski definition) is 17. The van der Waals surface area contributed by atoms with Gasteiger partial charge in [-0.05, 0) is 25.7 Å². The number of aliphatic hydroxyl groups excluding tert-OH is 1. The van der Waals surface area contributed by atoms with Gasteiger partial charge in [-0.25, -0.2) is 9.13 Å². The Kier molecular flexibility index (Phi) is 66.1. The lowest BCUT2D eigenvalue weighted by Gasteiger charge is -2.21. The van der Waals surface area contributed by atoms with Crippen LogP contribution in [0.4, 0.5) is 0 Å². The lowest BCUT2D eigenvalue weighted by molar-refractivity contribution is -0.161. The van der Waals surface area contributed by atoms with Gasteiger partial charge < -0.3 is 46.1 Å². The molecule has 514 valence electrons. The Labute approximate surface area is 523 Å². The van der Waals surface area contributed by atoms with Crippen molar-refractivity contribution in [2.24, 2.45) is 0 Å². The Morgan fingerprint density at radius 2 is 0.477 bits per heavy atom. The van der Waals surface area contributed by atoms with Crippen molar-refractivity contribution in [1.82, 2.24) is 12.3 Å². The van der Waals surface area contributed by atoms with Crippen LogP contribution in [0.25, 0.3) is 0 Å². The number of hydrogen-bond donors (Lipinski definition) is 5. The van der Waals surface area contributed by atoms with Gasteiger partial charge >= 0.3 is 39.5 Å². The fourth-order valence-corrected chi connectivity index (χ4v) is 11.4. The standard InChI is InChI=1S/C65H126O17P2.2H3N/c1-5-9-13-17-21-25-29-33-37-41-45-49-62(67)75-55-60(81-64(69)51-47-43-39-35-31-27-23-19-15-11-7-3)57-79-83(71,72)77-53-59(66)54-78-84(73,74)80-58-61(82-65(70)52-48-44-40-36-32-28-24-20-16-12-8-4)56-76-63(68)50-46-42-38-34-30-26-22-18-14-10-6-2;;/h59-61,66H,5-58H2,1-4H3,(H,71,72)(H,73,74);2*1H3. The van der Waals surface area contributed by atoms with E-state index in [2.05, 4.69) is 27.7 Å². The second-order valence-corrected chi connectivity index (χ2v) is 26.4. The maximum absolute atomic E-state index is 13.0. The number of rotatable bonds is 66. The van der Waals surface area contributed by atoms with Crippen LogP contribution < -0.4 is 12.3 Å². The van der Waals surface area contributed by atoms with Gasteiger partial charge in [-0.3, -0.25) is 37.3 Å². The second kappa shape index (κ2) is 64.5. The van der Waals surface area contributed by atoms with E-state index in [0.717, 1.165) is 89.9 Å². The molecule has 0 aromatic carbocycles. The van der Waals surface area contributed by atoms with E-state index in [1.54, 1.807) is 0 Å². The normalized spacial score (nSPS) is 13.8. The average molecular weight is 1280 g/mol. The number of aliphatic hydroxyl groups is 1. The number of unbranched alkanes of at least 4 members (excludes halogenated alkanes) is 40. The van der Waals surface area contributed by atoms with Gasteiger partial charge in [0.1, 0.15) is 19.3 Å². The summed E-state index contributed by atoms with van der Waals surface area (Å²) in [5, 5.41) is 10.5. The van der Waals surface area contributed by atoms with Crippen LogP contribution in [0, 0.1) is 0 Å². The first-order valence-electron chi connectivity index (χ1n) is 34.3. The fraction of sp³-hybridized carbons (Fsp3) is 0.938. The first kappa shape index (κ1) is 88.2. The van der Waals surface area contributed by atoms with Crippen LogP contribution in [0.5, 0.6) is 0 Å². The van der Waals surface area contributed by atoms with Crippen LogP contribution in [-0.4, -0.2) is 96.7 Å². The number of phosphoric ester groups is 2. The van der Waals surface area contributed by atoms with Crippen molar-refractivity contribution < 1.29 is 80.2 Å². The molecule has 0 saturated carbocycles. The Bertz CT molecular complexity index is 1520. The molecule has 0 heterocycles. The van der Waals surface area contributed by atoms with E-state index >= 15 is 0 Å². The zero-order valence-electron chi connectivity index (χ0n) is 55.3. The predicted octanol–water partition coefficient (Wildman–Crippen LogP) is 18.7. The van der Waals surface area contributed by atoms with Crippen molar-refractivity contribution in [1.29, 1.82) is 0 Å². The minimum Gasteiger partial charge on any atom is -0.462 e. The van der Waals surface area contributed by atoms with Gasteiger partial charge in [0.2, 0.25) is 0 Å². The van der Waals surface area contributed by atoms with Crippen molar-refractivity contribution in [3.05, 3.63) is 0 Å². The van der Waals surface area contributed by atoms with Gasteiger partial charge in [0.25, 0.3) is 0 Å². The van der Waals surface area contributed by atoms with E-state index < -0.39 is 97.5 Å². The third-order valence-electron chi connectivity index (χ3n) is 15.1. The lowest BCUT2D eigenvalue weighted by Crippen LogP contribution is -2.30. The van der Waals surface area contributed by atoms with Crippen LogP contribution in [0.3, 0.4) is 0 Å². The Balaban J connectivity index is -0.0000344. The van der Waals surface area contributed by atoms with E-state index in [-0.39, 0.29) is 38.0 Å². The van der Waals surface area contributed by atoms with E-state index in [1.165, 1.54) is 167 Å². The van der Waals surface area contributed by atoms with Crippen LogP contribution in [0.1, 0.15) is 336 Å². The van der Waals surface area contributed by atoms with E-state index in [9.17, 15) is 43.2 Å². The monoisotopic (exact) mass is 1270 g/mol. The SMILES string of the molecule is CCCCCCCCCCCCCC(=O)OCC(COP(=O)(O)OCC(O)COP(=O)(O)OCC(COC(=O)CCCCCCCCCCCCC)OC(=O)CCCCCCCCCCCCC)OC(=O)CCCCCCCCCCCCC.N.N. The van der Waals surface area contributed by atoms with Crippen molar-refractivity contribution in [2.45, 2.75) is 354 Å². The van der Waals surface area contributed by atoms with Gasteiger partial charge in [0.05, 0.1) is 26.4 Å². The number of carbonyl (C=O) groups excluding carboxylic acids is 4. The van der Waals surface area contributed by atoms with Gasteiger partial charge in [-0.15, -0.1) is 0 Å². The Morgan fingerprint density at radius 3 is 0.698 bits per heavy atom. The maximum atomic E-state index is 13.0. The molecule has 0 radical (unpaired) electrons. The van der Waals surface area contributed by atoms with E-state index in [4.69, 9.17) is 37.0 Å². The molecule has 9 N–H and O–H groups in total. The zero-order valence-corrected chi connectivity index (χ0v) is 57.1. The molecule has 0 aliphatic rings. The van der Waals surface area contributed by atoms with Crippen LogP contribution in [0.15, 0.2) is 0 Å². The number of esters is 4. The average Bonchev–Trinajstić information content (AvgIpc) is 3.69. The van der Waals surface area contributed by atoms with Crippen LogP contribution in [0.2, 0.25) is 0 Å². The number of phosphoric acid groups is 2. The molecule has 21 heteroatoms. The molecule has 86 heavy (non-hydrogen) atoms. The van der Waals surface area contributed by atoms with Crippen molar-refractivity contribution in [3.63, 3.8) is 0 Å². The summed E-state index contributed by atoms with van der Waals surface area (Å²) in [6.45, 7) is 4.90. The summed E-state index contributed by atoms with van der Waals surface area (Å²) >= 11 is 0. The third kappa shape index (κ3) is 63.5. The summed E-state index contributed by atoms with van der Waals surface area (Å²) in [5.74, 6) is -2.13. The molecule has 0 rings (SSSR count). The summed E-state index contributed by atoms with van der Waals surface area (Å²) in [5.41, 5.74) is 0. The minimum atomic E-state index is -4.94. The molecular formula is C65H132N2O17P2. The topological polar surface area (TPSA) is 307 Å². The van der Waals surface area contributed by atoms with Gasteiger partial charge in [-0.2, -0.15) is 0 Å². The van der Waals surface area contributed by atoms with Gasteiger partial charge in [0.15, 0.2) is 12.2 Å². The highest BCUT2D eigenvalue weighted by Crippen LogP contribution is 2.45. The molecule has 0 aromatic rings. The summed E-state index contributed by atoms with van der Waals surface area (Å²) in [4.78, 5) is 72.2. The smallest absolute Gasteiger partial charge is 0.462 e. The second-order valence-electron chi connectivity index (χ2n) is 23.5. The summed E-state index contributed by atoms with van der Waals surface area (Å²) in [7, 11) is -9.88. The largest absolute Gasteiger partial charge is 0.472 e. The maximum Gasteiger partial charge on any atom is 0.472 e. The molecule has 19 nitrogen and oxygen atoms in total. The molecule has 0 aliphatic heterocycles. The molecule has 0 aliphatic carbocycles. The first-order chi connectivity index (χ1) is 40.7. The molecule has 0 aromatic heterocycles. The van der Waals surface area contributed by atoms with Crippen LogP contribution >= 0.6 is 15.6 Å². The summed E-state index contributed by atoms with van der Waals surface area (Å²) in [6, 6.07) is 0.